The lowest BCUT2D eigenvalue weighted by molar-refractivity contribution is 0.202. The highest BCUT2D eigenvalue weighted by Gasteiger charge is 2.50. The molecule has 0 bridgehead atoms. The summed E-state index contributed by atoms with van der Waals surface area (Å²) in [5.41, 5.74) is 0. The summed E-state index contributed by atoms with van der Waals surface area (Å²) >= 11 is 0. The van der Waals surface area contributed by atoms with E-state index in [9.17, 15) is 0 Å². The van der Waals surface area contributed by atoms with E-state index in [1.165, 1.54) is 10.4 Å². The molecule has 0 heterocycles. The van der Waals surface area contributed by atoms with E-state index < -0.39 is 8.32 Å². The third-order valence-corrected chi connectivity index (χ3v) is 9.53. The molecule has 1 atom stereocenters. The van der Waals surface area contributed by atoms with Gasteiger partial charge in [-0.1, -0.05) is 88.4 Å². The van der Waals surface area contributed by atoms with Crippen molar-refractivity contribution in [3.8, 4) is 0 Å². The molecule has 0 aliphatic rings. The molecule has 0 spiro atoms. The van der Waals surface area contributed by atoms with E-state index in [2.05, 4.69) is 95.3 Å². The van der Waals surface area contributed by atoms with Crippen LogP contribution in [0.2, 0.25) is 5.04 Å². The van der Waals surface area contributed by atoms with E-state index in [0.29, 0.717) is 0 Å². The van der Waals surface area contributed by atoms with E-state index in [4.69, 9.17) is 4.43 Å². The SMILES string of the molecule is CCC(C)O[Si](c1ccccc1)(c1ccccc1)C(C)(C)C. The highest BCUT2D eigenvalue weighted by atomic mass is 28.4. The molecule has 0 amide bonds. The van der Waals surface area contributed by atoms with Crippen LogP contribution in [0.4, 0.5) is 0 Å². The summed E-state index contributed by atoms with van der Waals surface area (Å²) in [7, 11) is -2.33. The molecule has 2 heteroatoms. The van der Waals surface area contributed by atoms with Crippen LogP contribution in [-0.2, 0) is 4.43 Å². The number of hydrogen-bond acceptors (Lipinski definition) is 1. The Morgan fingerprint density at radius 2 is 1.27 bits per heavy atom. The fourth-order valence-corrected chi connectivity index (χ4v) is 7.86. The van der Waals surface area contributed by atoms with Gasteiger partial charge in [0.1, 0.15) is 0 Å². The topological polar surface area (TPSA) is 9.23 Å². The molecule has 0 N–H and O–H groups in total. The summed E-state index contributed by atoms with van der Waals surface area (Å²) in [5.74, 6) is 0. The van der Waals surface area contributed by atoms with Gasteiger partial charge in [0.05, 0.1) is 0 Å². The van der Waals surface area contributed by atoms with Gasteiger partial charge in [-0.05, 0) is 28.8 Å². The van der Waals surface area contributed by atoms with E-state index in [0.717, 1.165) is 6.42 Å². The zero-order valence-corrected chi connectivity index (χ0v) is 15.5. The first-order chi connectivity index (χ1) is 10.4. The molecule has 2 aromatic carbocycles. The Hall–Kier alpha value is -1.38. The van der Waals surface area contributed by atoms with Gasteiger partial charge in [0.15, 0.2) is 0 Å². The van der Waals surface area contributed by atoms with Gasteiger partial charge in [0, 0.05) is 6.10 Å². The van der Waals surface area contributed by atoms with Crippen LogP contribution in [-0.4, -0.2) is 14.4 Å². The highest BCUT2D eigenvalue weighted by molar-refractivity contribution is 6.99. The van der Waals surface area contributed by atoms with Crippen LogP contribution < -0.4 is 10.4 Å². The predicted molar refractivity (Wildman–Crippen MR) is 98.5 cm³/mol. The third kappa shape index (κ3) is 3.18. The quantitative estimate of drug-likeness (QED) is 0.745. The number of rotatable bonds is 5. The maximum Gasteiger partial charge on any atom is 0.261 e. The van der Waals surface area contributed by atoms with Gasteiger partial charge in [-0.15, -0.1) is 0 Å². The summed E-state index contributed by atoms with van der Waals surface area (Å²) in [6.07, 6.45) is 1.29. The first kappa shape index (κ1) is 17.0. The zero-order chi connectivity index (χ0) is 16.2. The van der Waals surface area contributed by atoms with Gasteiger partial charge in [0.2, 0.25) is 0 Å². The van der Waals surface area contributed by atoms with Gasteiger partial charge in [-0.3, -0.25) is 0 Å². The van der Waals surface area contributed by atoms with Crippen LogP contribution in [0.25, 0.3) is 0 Å². The first-order valence-electron chi connectivity index (χ1n) is 8.20. The molecule has 0 aliphatic carbocycles. The van der Waals surface area contributed by atoms with E-state index in [1.807, 2.05) is 0 Å². The van der Waals surface area contributed by atoms with E-state index in [1.54, 1.807) is 0 Å². The van der Waals surface area contributed by atoms with Crippen molar-refractivity contribution in [2.45, 2.75) is 52.2 Å². The minimum absolute atomic E-state index is 0.0686. The Bertz CT molecular complexity index is 532. The average molecular weight is 313 g/mol. The Balaban J connectivity index is 2.70. The van der Waals surface area contributed by atoms with Crippen molar-refractivity contribution in [2.24, 2.45) is 0 Å². The smallest absolute Gasteiger partial charge is 0.261 e. The fourth-order valence-electron chi connectivity index (χ4n) is 3.08. The molecule has 22 heavy (non-hydrogen) atoms. The Labute approximate surface area is 136 Å². The van der Waals surface area contributed by atoms with Crippen molar-refractivity contribution in [3.05, 3.63) is 60.7 Å². The minimum Gasteiger partial charge on any atom is -0.405 e. The third-order valence-electron chi connectivity index (χ3n) is 4.37. The lowest BCUT2D eigenvalue weighted by atomic mass is 10.2. The molecule has 0 aliphatic heterocycles. The highest BCUT2D eigenvalue weighted by Crippen LogP contribution is 2.37. The van der Waals surface area contributed by atoms with Crippen LogP contribution >= 0.6 is 0 Å². The fraction of sp³-hybridized carbons (Fsp3) is 0.400. The summed E-state index contributed by atoms with van der Waals surface area (Å²) in [5, 5.41) is 2.78. The molecule has 1 nitrogen and oxygen atoms in total. The summed E-state index contributed by atoms with van der Waals surface area (Å²) in [6, 6.07) is 21.7. The van der Waals surface area contributed by atoms with Crippen LogP contribution in [0.5, 0.6) is 0 Å². The van der Waals surface area contributed by atoms with Crippen molar-refractivity contribution in [3.63, 3.8) is 0 Å². The molecule has 118 valence electrons. The van der Waals surface area contributed by atoms with Crippen LogP contribution in [0.15, 0.2) is 60.7 Å². The van der Waals surface area contributed by atoms with E-state index >= 15 is 0 Å². The molecular weight excluding hydrogens is 284 g/mol. The normalized spacial score (nSPS) is 13.9. The second kappa shape index (κ2) is 6.80. The van der Waals surface area contributed by atoms with Gasteiger partial charge in [-0.2, -0.15) is 0 Å². The Kier molecular flexibility index (Phi) is 5.25. The molecule has 0 aromatic heterocycles. The number of hydrogen-bond donors (Lipinski definition) is 0. The van der Waals surface area contributed by atoms with Gasteiger partial charge in [0.25, 0.3) is 8.32 Å². The predicted octanol–water partition coefficient (Wildman–Crippen LogP) is 4.36. The van der Waals surface area contributed by atoms with E-state index in [-0.39, 0.29) is 11.1 Å². The largest absolute Gasteiger partial charge is 0.405 e. The molecule has 2 aromatic rings. The van der Waals surface area contributed by atoms with Crippen LogP contribution in [0.1, 0.15) is 41.0 Å². The minimum atomic E-state index is -2.33. The second-order valence-corrected chi connectivity index (χ2v) is 11.3. The molecule has 1 unspecified atom stereocenters. The summed E-state index contributed by atoms with van der Waals surface area (Å²) in [6.45, 7) is 11.4. The Morgan fingerprint density at radius 3 is 1.59 bits per heavy atom. The lowest BCUT2D eigenvalue weighted by Gasteiger charge is -2.44. The molecule has 0 saturated heterocycles. The standard InChI is InChI=1S/C20H28OSi/c1-6-17(2)21-22(20(3,4)5,18-13-9-7-10-14-18)19-15-11-8-12-16-19/h7-17H,6H2,1-5H3. The Morgan fingerprint density at radius 1 is 0.864 bits per heavy atom. The maximum absolute atomic E-state index is 6.86. The monoisotopic (exact) mass is 312 g/mol. The van der Waals surface area contributed by atoms with Gasteiger partial charge in [-0.25, -0.2) is 0 Å². The van der Waals surface area contributed by atoms with Crippen molar-refractivity contribution >= 4 is 18.7 Å². The average Bonchev–Trinajstić information content (AvgIpc) is 2.52. The summed E-state index contributed by atoms with van der Waals surface area (Å²) in [4.78, 5) is 0. The van der Waals surface area contributed by atoms with Crippen molar-refractivity contribution < 1.29 is 4.43 Å². The van der Waals surface area contributed by atoms with Crippen molar-refractivity contribution in [2.75, 3.05) is 0 Å². The first-order valence-corrected chi connectivity index (χ1v) is 10.1. The second-order valence-electron chi connectivity index (χ2n) is 7.00. The maximum atomic E-state index is 6.86. The van der Waals surface area contributed by atoms with Gasteiger partial charge >= 0.3 is 0 Å². The molecule has 0 saturated carbocycles. The molecule has 2 rings (SSSR count). The van der Waals surface area contributed by atoms with Crippen LogP contribution in [0.3, 0.4) is 0 Å². The lowest BCUT2D eigenvalue weighted by Crippen LogP contribution is -2.67. The van der Waals surface area contributed by atoms with Crippen molar-refractivity contribution in [1.29, 1.82) is 0 Å². The molecule has 0 radical (unpaired) electrons. The zero-order valence-electron chi connectivity index (χ0n) is 14.5. The summed E-state index contributed by atoms with van der Waals surface area (Å²) < 4.78 is 6.86. The molecular formula is C20H28OSi. The van der Waals surface area contributed by atoms with Crippen molar-refractivity contribution in [1.82, 2.24) is 0 Å². The van der Waals surface area contributed by atoms with Gasteiger partial charge < -0.3 is 4.43 Å². The molecule has 0 fully saturated rings. The number of benzene rings is 2. The van der Waals surface area contributed by atoms with Crippen LogP contribution in [0, 0.1) is 0 Å².